The first-order chi connectivity index (χ1) is 15.6. The third-order valence-corrected chi connectivity index (χ3v) is 8.46. The number of hydrogen-bond donors (Lipinski definition) is 0. The lowest BCUT2D eigenvalue weighted by atomic mass is 9.63. The van der Waals surface area contributed by atoms with Crippen molar-refractivity contribution in [3.63, 3.8) is 0 Å². The average Bonchev–Trinajstić information content (AvgIpc) is 2.83. The molecule has 5 rings (SSSR count). The Morgan fingerprint density at radius 1 is 0.812 bits per heavy atom. The number of pyridine rings is 1. The highest BCUT2D eigenvalue weighted by Gasteiger charge is 2.35. The maximum atomic E-state index is 2.38. The molecule has 0 bridgehead atoms. The van der Waals surface area contributed by atoms with E-state index in [0.29, 0.717) is 0 Å². The zero-order valence-corrected chi connectivity index (χ0v) is 19.9. The van der Waals surface area contributed by atoms with Gasteiger partial charge in [0, 0.05) is 17.7 Å². The van der Waals surface area contributed by atoms with Crippen LogP contribution >= 0.6 is 0 Å². The molecule has 1 nitrogen and oxygen atoms in total. The summed E-state index contributed by atoms with van der Waals surface area (Å²) >= 11 is 0. The van der Waals surface area contributed by atoms with Gasteiger partial charge in [-0.15, -0.1) is 0 Å². The molecule has 0 amide bonds. The molecule has 2 aliphatic carbocycles. The fourth-order valence-electron chi connectivity index (χ4n) is 6.34. The molecule has 1 heterocycles. The molecule has 32 heavy (non-hydrogen) atoms. The summed E-state index contributed by atoms with van der Waals surface area (Å²) in [7, 11) is 2.14. The molecule has 0 N–H and O–H groups in total. The van der Waals surface area contributed by atoms with Gasteiger partial charge in [-0.3, -0.25) is 0 Å². The van der Waals surface area contributed by atoms with Gasteiger partial charge in [0.25, 0.3) is 0 Å². The lowest BCUT2D eigenvalue weighted by Crippen LogP contribution is -2.30. The van der Waals surface area contributed by atoms with Crippen molar-refractivity contribution in [2.75, 3.05) is 0 Å². The summed E-state index contributed by atoms with van der Waals surface area (Å²) in [4.78, 5) is 0. The van der Waals surface area contributed by atoms with Gasteiger partial charge in [-0.1, -0.05) is 61.7 Å². The summed E-state index contributed by atoms with van der Waals surface area (Å²) in [5.41, 5.74) is 8.75. The summed E-state index contributed by atoms with van der Waals surface area (Å²) < 4.78 is 2.22. The van der Waals surface area contributed by atoms with Crippen molar-refractivity contribution in [1.82, 2.24) is 0 Å². The standard InChI is InChI=1S/C31H38N/c1-24-8-4-5-9-29(24)30-23-28(16-21-32(30)2)27-12-10-25(11-13-27)22-26-14-19-31(20-15-26)17-6-3-7-18-31/h4-5,8-13,16,21,23,26H,3,6-7,14-15,17-20,22H2,1-2H3/q+1. The minimum absolute atomic E-state index is 0.733. The molecule has 0 radical (unpaired) electrons. The fourth-order valence-corrected chi connectivity index (χ4v) is 6.34. The number of rotatable bonds is 4. The van der Waals surface area contributed by atoms with Crippen LogP contribution in [0.2, 0.25) is 0 Å². The van der Waals surface area contributed by atoms with Crippen molar-refractivity contribution in [2.24, 2.45) is 18.4 Å². The molecule has 1 aromatic heterocycles. The highest BCUT2D eigenvalue weighted by molar-refractivity contribution is 5.70. The summed E-state index contributed by atoms with van der Waals surface area (Å²) in [5, 5.41) is 0. The largest absolute Gasteiger partial charge is 0.213 e. The average molecular weight is 425 g/mol. The lowest BCUT2D eigenvalue weighted by Gasteiger charge is -2.43. The first kappa shape index (κ1) is 21.4. The van der Waals surface area contributed by atoms with Crippen LogP contribution in [0.5, 0.6) is 0 Å². The zero-order chi connectivity index (χ0) is 22.0. The van der Waals surface area contributed by atoms with Crippen LogP contribution in [0.3, 0.4) is 0 Å². The van der Waals surface area contributed by atoms with Crippen LogP contribution < -0.4 is 4.57 Å². The predicted molar refractivity (Wildman–Crippen MR) is 134 cm³/mol. The van der Waals surface area contributed by atoms with Gasteiger partial charge < -0.3 is 0 Å². The molecule has 2 fully saturated rings. The molecule has 3 aromatic rings. The zero-order valence-electron chi connectivity index (χ0n) is 19.9. The number of aryl methyl sites for hydroxylation is 2. The minimum Gasteiger partial charge on any atom is -0.201 e. The number of aromatic nitrogens is 1. The van der Waals surface area contributed by atoms with Crippen LogP contribution in [-0.2, 0) is 13.5 Å². The summed E-state index contributed by atoms with van der Waals surface area (Å²) in [6, 6.07) is 22.6. The summed E-state index contributed by atoms with van der Waals surface area (Å²) in [5.74, 6) is 0.886. The highest BCUT2D eigenvalue weighted by Crippen LogP contribution is 2.49. The van der Waals surface area contributed by atoms with Gasteiger partial charge in [-0.2, -0.15) is 0 Å². The van der Waals surface area contributed by atoms with Crippen molar-refractivity contribution in [2.45, 2.75) is 71.1 Å². The Bertz CT molecular complexity index is 1050. The van der Waals surface area contributed by atoms with Crippen LogP contribution in [0.1, 0.15) is 68.9 Å². The molecule has 0 unspecified atom stereocenters. The van der Waals surface area contributed by atoms with Crippen molar-refractivity contribution in [3.8, 4) is 22.4 Å². The SMILES string of the molecule is Cc1ccccc1-c1cc(-c2ccc(CC3CCC4(CCCCC4)CC3)cc2)cc[n+]1C. The van der Waals surface area contributed by atoms with E-state index in [1.54, 1.807) is 0 Å². The molecule has 166 valence electrons. The predicted octanol–water partition coefficient (Wildman–Crippen LogP) is 7.84. The lowest BCUT2D eigenvalue weighted by molar-refractivity contribution is -0.660. The van der Waals surface area contributed by atoms with Gasteiger partial charge in [0.15, 0.2) is 6.20 Å². The van der Waals surface area contributed by atoms with Crippen molar-refractivity contribution < 1.29 is 4.57 Å². The Labute approximate surface area is 194 Å². The van der Waals surface area contributed by atoms with Crippen LogP contribution in [0.25, 0.3) is 22.4 Å². The molecule has 2 saturated carbocycles. The molecule has 0 saturated heterocycles. The maximum Gasteiger partial charge on any atom is 0.213 e. The van der Waals surface area contributed by atoms with E-state index >= 15 is 0 Å². The number of benzene rings is 2. The van der Waals surface area contributed by atoms with E-state index in [-0.39, 0.29) is 0 Å². The fraction of sp³-hybridized carbons (Fsp3) is 0.452. The quantitative estimate of drug-likeness (QED) is 0.376. The van der Waals surface area contributed by atoms with Gasteiger partial charge in [-0.05, 0) is 91.5 Å². The normalized spacial score (nSPS) is 18.7. The second kappa shape index (κ2) is 9.22. The molecule has 2 aliphatic rings. The van der Waals surface area contributed by atoms with E-state index in [1.165, 1.54) is 97.7 Å². The highest BCUT2D eigenvalue weighted by atomic mass is 14.9. The smallest absolute Gasteiger partial charge is 0.201 e. The Morgan fingerprint density at radius 2 is 1.53 bits per heavy atom. The minimum atomic E-state index is 0.733. The Kier molecular flexibility index (Phi) is 6.17. The second-order valence-corrected chi connectivity index (χ2v) is 10.6. The third-order valence-electron chi connectivity index (χ3n) is 8.46. The Hall–Kier alpha value is -2.41. The Morgan fingerprint density at radius 3 is 2.25 bits per heavy atom. The van der Waals surface area contributed by atoms with Crippen molar-refractivity contribution >= 4 is 0 Å². The number of hydrogen-bond acceptors (Lipinski definition) is 0. The summed E-state index contributed by atoms with van der Waals surface area (Å²) in [6.45, 7) is 2.19. The molecule has 0 aliphatic heterocycles. The van der Waals surface area contributed by atoms with E-state index in [2.05, 4.69) is 85.4 Å². The van der Waals surface area contributed by atoms with E-state index in [9.17, 15) is 0 Å². The van der Waals surface area contributed by atoms with Crippen LogP contribution in [0, 0.1) is 18.3 Å². The van der Waals surface area contributed by atoms with E-state index in [0.717, 1.165) is 11.3 Å². The maximum absolute atomic E-state index is 2.38. The van der Waals surface area contributed by atoms with Crippen LogP contribution in [0.15, 0.2) is 66.9 Å². The van der Waals surface area contributed by atoms with E-state index < -0.39 is 0 Å². The van der Waals surface area contributed by atoms with Gasteiger partial charge >= 0.3 is 0 Å². The van der Waals surface area contributed by atoms with Gasteiger partial charge in [0.1, 0.15) is 7.05 Å². The van der Waals surface area contributed by atoms with E-state index in [1.807, 2.05) is 0 Å². The molecule has 1 spiro atoms. The first-order valence-corrected chi connectivity index (χ1v) is 12.8. The molecule has 1 heteroatoms. The Balaban J connectivity index is 1.27. The van der Waals surface area contributed by atoms with Crippen LogP contribution in [0.4, 0.5) is 0 Å². The first-order valence-electron chi connectivity index (χ1n) is 12.8. The number of nitrogens with zero attached hydrogens (tertiary/aromatic N) is 1. The molecular formula is C31H38N+. The monoisotopic (exact) mass is 424 g/mol. The molecular weight excluding hydrogens is 386 g/mol. The van der Waals surface area contributed by atoms with Gasteiger partial charge in [0.05, 0.1) is 0 Å². The van der Waals surface area contributed by atoms with Gasteiger partial charge in [0.2, 0.25) is 5.69 Å². The molecule has 0 atom stereocenters. The van der Waals surface area contributed by atoms with Crippen LogP contribution in [-0.4, -0.2) is 0 Å². The van der Waals surface area contributed by atoms with E-state index in [4.69, 9.17) is 0 Å². The third kappa shape index (κ3) is 4.53. The molecule has 2 aromatic carbocycles. The summed E-state index contributed by atoms with van der Waals surface area (Å²) in [6.07, 6.45) is 16.8. The van der Waals surface area contributed by atoms with Crippen molar-refractivity contribution in [1.29, 1.82) is 0 Å². The van der Waals surface area contributed by atoms with Gasteiger partial charge in [-0.25, -0.2) is 4.57 Å². The van der Waals surface area contributed by atoms with Crippen molar-refractivity contribution in [3.05, 3.63) is 78.0 Å². The topological polar surface area (TPSA) is 3.88 Å². The second-order valence-electron chi connectivity index (χ2n) is 10.6.